The van der Waals surface area contributed by atoms with E-state index in [4.69, 9.17) is 4.74 Å². The van der Waals surface area contributed by atoms with Crippen LogP contribution in [-0.4, -0.2) is 26.1 Å². The monoisotopic (exact) mass is 314 g/mol. The molecule has 0 unspecified atom stereocenters. The number of ether oxygens (including phenoxy) is 1. The minimum Gasteiger partial charge on any atom is -0.489 e. The van der Waals surface area contributed by atoms with Crippen LogP contribution in [0.3, 0.4) is 0 Å². The fourth-order valence-corrected chi connectivity index (χ4v) is 2.61. The second kappa shape index (κ2) is 6.69. The Balaban J connectivity index is 1.61. The molecule has 1 aliphatic rings. The van der Waals surface area contributed by atoms with Gasteiger partial charge >= 0.3 is 0 Å². The molecule has 120 valence electrons. The lowest BCUT2D eigenvalue weighted by atomic mass is 10.1. The van der Waals surface area contributed by atoms with Crippen LogP contribution in [0.25, 0.3) is 0 Å². The minimum absolute atomic E-state index is 0.141. The Kier molecular flexibility index (Phi) is 4.46. The lowest BCUT2D eigenvalue weighted by molar-refractivity contribution is -0.116. The van der Waals surface area contributed by atoms with Gasteiger partial charge in [-0.2, -0.15) is 0 Å². The molecule has 0 aliphatic carbocycles. The molecule has 0 bridgehead atoms. The van der Waals surface area contributed by atoms with E-state index in [-0.39, 0.29) is 18.1 Å². The summed E-state index contributed by atoms with van der Waals surface area (Å²) in [6.07, 6.45) is 0.613. The van der Waals surface area contributed by atoms with Crippen LogP contribution in [0.1, 0.15) is 12.0 Å². The van der Waals surface area contributed by atoms with Gasteiger partial charge in [0.25, 0.3) is 0 Å². The quantitative estimate of drug-likeness (QED) is 0.942. The van der Waals surface area contributed by atoms with Crippen LogP contribution in [0, 0.1) is 5.82 Å². The zero-order valence-electron chi connectivity index (χ0n) is 13.0. The van der Waals surface area contributed by atoms with Crippen LogP contribution in [0.2, 0.25) is 0 Å². The zero-order valence-corrected chi connectivity index (χ0v) is 13.0. The molecule has 3 rings (SSSR count). The Morgan fingerprint density at radius 1 is 1.30 bits per heavy atom. The number of nitrogens with one attached hydrogen (secondary N) is 1. The lowest BCUT2D eigenvalue weighted by Crippen LogP contribution is -2.28. The maximum Gasteiger partial charge on any atom is 0.224 e. The number of hydrogen-bond acceptors (Lipinski definition) is 3. The molecule has 0 spiro atoms. The van der Waals surface area contributed by atoms with Gasteiger partial charge in [0.2, 0.25) is 5.91 Å². The van der Waals surface area contributed by atoms with Crippen LogP contribution in [0.15, 0.2) is 42.5 Å². The fourth-order valence-electron chi connectivity index (χ4n) is 2.61. The highest BCUT2D eigenvalue weighted by Gasteiger charge is 2.15. The molecule has 0 atom stereocenters. The van der Waals surface area contributed by atoms with Gasteiger partial charge in [0.1, 0.15) is 18.2 Å². The van der Waals surface area contributed by atoms with Gasteiger partial charge in [0.05, 0.1) is 12.2 Å². The first-order valence-electron chi connectivity index (χ1n) is 7.65. The summed E-state index contributed by atoms with van der Waals surface area (Å²) >= 11 is 0. The highest BCUT2D eigenvalue weighted by Crippen LogP contribution is 2.33. The van der Waals surface area contributed by atoms with Gasteiger partial charge in [-0.1, -0.05) is 18.2 Å². The Hall–Kier alpha value is -2.56. The summed E-state index contributed by atoms with van der Waals surface area (Å²) in [7, 11) is 2.01. The molecule has 2 aromatic rings. The van der Waals surface area contributed by atoms with Crippen molar-refractivity contribution in [3.63, 3.8) is 0 Å². The van der Waals surface area contributed by atoms with Crippen molar-refractivity contribution in [1.29, 1.82) is 0 Å². The average molecular weight is 314 g/mol. The largest absolute Gasteiger partial charge is 0.489 e. The summed E-state index contributed by atoms with van der Waals surface area (Å²) in [5.74, 6) is 0.355. The number of carbonyl (C=O) groups is 1. The summed E-state index contributed by atoms with van der Waals surface area (Å²) in [4.78, 5) is 14.2. The molecular weight excluding hydrogens is 295 g/mol. The van der Waals surface area contributed by atoms with Crippen LogP contribution >= 0.6 is 0 Å². The lowest BCUT2D eigenvalue weighted by Gasteiger charge is -2.27. The van der Waals surface area contributed by atoms with E-state index in [1.54, 1.807) is 18.2 Å². The van der Waals surface area contributed by atoms with Crippen molar-refractivity contribution in [2.24, 2.45) is 0 Å². The van der Waals surface area contributed by atoms with E-state index >= 15 is 0 Å². The maximum atomic E-state index is 13.5. The Morgan fingerprint density at radius 3 is 2.96 bits per heavy atom. The van der Waals surface area contributed by atoms with Crippen molar-refractivity contribution < 1.29 is 13.9 Å². The SMILES string of the molecule is CN1CCOc2cc(NC(=O)CCc3ccccc3F)ccc21. The molecule has 2 aromatic carbocycles. The number of carbonyl (C=O) groups excluding carboxylic acids is 1. The highest BCUT2D eigenvalue weighted by atomic mass is 19.1. The summed E-state index contributed by atoms with van der Waals surface area (Å²) in [5.41, 5.74) is 2.26. The van der Waals surface area contributed by atoms with Crippen molar-refractivity contribution in [2.45, 2.75) is 12.8 Å². The Bertz CT molecular complexity index is 718. The molecule has 23 heavy (non-hydrogen) atoms. The van der Waals surface area contributed by atoms with Crippen LogP contribution in [-0.2, 0) is 11.2 Å². The molecule has 1 N–H and O–H groups in total. The number of aryl methyl sites for hydroxylation is 1. The molecule has 1 heterocycles. The number of benzene rings is 2. The number of nitrogens with zero attached hydrogens (tertiary/aromatic N) is 1. The van der Waals surface area contributed by atoms with E-state index in [2.05, 4.69) is 10.2 Å². The number of rotatable bonds is 4. The second-order valence-electron chi connectivity index (χ2n) is 5.59. The van der Waals surface area contributed by atoms with Crippen molar-refractivity contribution in [1.82, 2.24) is 0 Å². The van der Waals surface area contributed by atoms with Gasteiger partial charge in [-0.05, 0) is 30.2 Å². The van der Waals surface area contributed by atoms with Crippen molar-refractivity contribution >= 4 is 17.3 Å². The number of hydrogen-bond donors (Lipinski definition) is 1. The first-order valence-corrected chi connectivity index (χ1v) is 7.65. The van der Waals surface area contributed by atoms with Crippen molar-refractivity contribution in [3.8, 4) is 5.75 Å². The normalized spacial score (nSPS) is 13.2. The smallest absolute Gasteiger partial charge is 0.224 e. The van der Waals surface area contributed by atoms with Crippen LogP contribution < -0.4 is 15.0 Å². The highest BCUT2D eigenvalue weighted by molar-refractivity contribution is 5.91. The van der Waals surface area contributed by atoms with Crippen LogP contribution in [0.5, 0.6) is 5.75 Å². The Labute approximate surface area is 134 Å². The summed E-state index contributed by atoms with van der Waals surface area (Å²) in [5, 5.41) is 2.84. The van der Waals surface area contributed by atoms with Gasteiger partial charge in [0, 0.05) is 25.2 Å². The first-order chi connectivity index (χ1) is 11.1. The molecule has 5 heteroatoms. The molecule has 0 aromatic heterocycles. The summed E-state index contributed by atoms with van der Waals surface area (Å²) in [6, 6.07) is 12.1. The Morgan fingerprint density at radius 2 is 2.13 bits per heavy atom. The number of anilines is 2. The number of fused-ring (bicyclic) bond motifs is 1. The molecule has 4 nitrogen and oxygen atoms in total. The minimum atomic E-state index is -0.273. The van der Waals surface area contributed by atoms with Gasteiger partial charge < -0.3 is 15.0 Å². The average Bonchev–Trinajstić information content (AvgIpc) is 2.54. The molecule has 0 fully saturated rings. The summed E-state index contributed by atoms with van der Waals surface area (Å²) < 4.78 is 19.2. The van der Waals surface area contributed by atoms with E-state index in [0.717, 1.165) is 18.0 Å². The van der Waals surface area contributed by atoms with Gasteiger partial charge in [0.15, 0.2) is 0 Å². The van der Waals surface area contributed by atoms with E-state index < -0.39 is 0 Å². The van der Waals surface area contributed by atoms with E-state index in [1.807, 2.05) is 25.2 Å². The zero-order chi connectivity index (χ0) is 16.2. The number of halogens is 1. The van der Waals surface area contributed by atoms with Crippen molar-refractivity contribution in [2.75, 3.05) is 30.4 Å². The van der Waals surface area contributed by atoms with Gasteiger partial charge in [-0.15, -0.1) is 0 Å². The van der Waals surface area contributed by atoms with Crippen molar-refractivity contribution in [3.05, 3.63) is 53.8 Å². The molecule has 0 radical (unpaired) electrons. The van der Waals surface area contributed by atoms with E-state index in [0.29, 0.717) is 24.3 Å². The molecule has 1 amide bonds. The number of amides is 1. The standard InChI is InChI=1S/C18H19FN2O2/c1-21-10-11-23-17-12-14(7-8-16(17)21)20-18(22)9-6-13-4-2-3-5-15(13)19/h2-5,7-8,12H,6,9-11H2,1H3,(H,20,22). The molecule has 0 saturated carbocycles. The molecule has 1 aliphatic heterocycles. The third-order valence-corrected chi connectivity index (χ3v) is 3.92. The number of likely N-dealkylation sites (N-methyl/N-ethyl adjacent to an activating group) is 1. The fraction of sp³-hybridized carbons (Fsp3) is 0.278. The molecule has 0 saturated heterocycles. The topological polar surface area (TPSA) is 41.6 Å². The first kappa shape index (κ1) is 15.3. The van der Waals surface area contributed by atoms with Gasteiger partial charge in [-0.25, -0.2) is 4.39 Å². The predicted octanol–water partition coefficient (Wildman–Crippen LogP) is 3.23. The molecular formula is C18H19FN2O2. The van der Waals surface area contributed by atoms with E-state index in [1.165, 1.54) is 6.07 Å². The predicted molar refractivity (Wildman–Crippen MR) is 88.6 cm³/mol. The third-order valence-electron chi connectivity index (χ3n) is 3.92. The summed E-state index contributed by atoms with van der Waals surface area (Å²) in [6.45, 7) is 1.48. The van der Waals surface area contributed by atoms with E-state index in [9.17, 15) is 9.18 Å². The van der Waals surface area contributed by atoms with Crippen LogP contribution in [0.4, 0.5) is 15.8 Å². The second-order valence-corrected chi connectivity index (χ2v) is 5.59. The third kappa shape index (κ3) is 3.62. The van der Waals surface area contributed by atoms with Gasteiger partial charge in [-0.3, -0.25) is 4.79 Å². The maximum absolute atomic E-state index is 13.5.